The standard InChI is InChI=1S/C15H23ClN2O.C2H6/c1-2-19-10-9-18-8-7-17-15(12-18)11-13-3-5-14(16)6-4-13;1-2/h3-6,15,17H,2,7-12H2,1H3;1-2H3. The van der Waals surface area contributed by atoms with Crippen LogP contribution in [0.3, 0.4) is 0 Å². The second-order valence-electron chi connectivity index (χ2n) is 4.98. The lowest BCUT2D eigenvalue weighted by molar-refractivity contribution is 0.0995. The molecule has 1 unspecified atom stereocenters. The van der Waals surface area contributed by atoms with E-state index in [1.807, 2.05) is 32.9 Å². The van der Waals surface area contributed by atoms with E-state index in [2.05, 4.69) is 22.3 Å². The Bertz CT molecular complexity index is 370. The van der Waals surface area contributed by atoms with Crippen LogP contribution in [0.15, 0.2) is 24.3 Å². The molecule has 0 spiro atoms. The lowest BCUT2D eigenvalue weighted by Gasteiger charge is -2.33. The molecule has 3 nitrogen and oxygen atoms in total. The SMILES string of the molecule is CC.CCOCCN1CCNC(Cc2ccc(Cl)cc2)C1. The van der Waals surface area contributed by atoms with Crippen molar-refractivity contribution in [2.45, 2.75) is 33.2 Å². The Morgan fingerprint density at radius 2 is 2.00 bits per heavy atom. The number of nitrogens with one attached hydrogen (secondary N) is 1. The third kappa shape index (κ3) is 7.28. The van der Waals surface area contributed by atoms with Crippen molar-refractivity contribution in [3.63, 3.8) is 0 Å². The van der Waals surface area contributed by atoms with E-state index in [0.717, 1.165) is 50.8 Å². The van der Waals surface area contributed by atoms with Gasteiger partial charge in [-0.05, 0) is 31.0 Å². The molecule has 0 bridgehead atoms. The smallest absolute Gasteiger partial charge is 0.0593 e. The lowest BCUT2D eigenvalue weighted by Crippen LogP contribution is -2.52. The lowest BCUT2D eigenvalue weighted by atomic mass is 10.0. The van der Waals surface area contributed by atoms with Crippen molar-refractivity contribution in [3.8, 4) is 0 Å². The molecule has 0 saturated carbocycles. The fourth-order valence-electron chi connectivity index (χ4n) is 2.48. The summed E-state index contributed by atoms with van der Waals surface area (Å²) in [4.78, 5) is 2.48. The molecule has 1 aliphatic rings. The van der Waals surface area contributed by atoms with E-state index in [4.69, 9.17) is 16.3 Å². The first kappa shape index (κ1) is 18.4. The van der Waals surface area contributed by atoms with Crippen LogP contribution in [0.2, 0.25) is 5.02 Å². The molecule has 1 aromatic rings. The molecule has 0 aliphatic carbocycles. The summed E-state index contributed by atoms with van der Waals surface area (Å²) in [5.41, 5.74) is 1.34. The molecule has 120 valence electrons. The van der Waals surface area contributed by atoms with E-state index in [1.165, 1.54) is 5.56 Å². The van der Waals surface area contributed by atoms with Gasteiger partial charge >= 0.3 is 0 Å². The molecule has 0 radical (unpaired) electrons. The summed E-state index contributed by atoms with van der Waals surface area (Å²) < 4.78 is 5.43. The highest BCUT2D eigenvalue weighted by molar-refractivity contribution is 6.30. The predicted molar refractivity (Wildman–Crippen MR) is 91.2 cm³/mol. The van der Waals surface area contributed by atoms with Gasteiger partial charge in [0.05, 0.1) is 6.61 Å². The van der Waals surface area contributed by atoms with Gasteiger partial charge in [-0.15, -0.1) is 0 Å². The van der Waals surface area contributed by atoms with Crippen molar-refractivity contribution >= 4 is 11.6 Å². The summed E-state index contributed by atoms with van der Waals surface area (Å²) in [6, 6.07) is 8.68. The number of benzene rings is 1. The topological polar surface area (TPSA) is 24.5 Å². The van der Waals surface area contributed by atoms with Crippen molar-refractivity contribution in [1.82, 2.24) is 10.2 Å². The molecule has 1 aliphatic heterocycles. The summed E-state index contributed by atoms with van der Waals surface area (Å²) in [7, 11) is 0. The maximum Gasteiger partial charge on any atom is 0.0593 e. The first-order valence-electron chi connectivity index (χ1n) is 8.06. The van der Waals surface area contributed by atoms with Crippen molar-refractivity contribution in [2.75, 3.05) is 39.4 Å². The fourth-order valence-corrected chi connectivity index (χ4v) is 2.60. The minimum Gasteiger partial charge on any atom is -0.380 e. The van der Waals surface area contributed by atoms with E-state index in [1.54, 1.807) is 0 Å². The van der Waals surface area contributed by atoms with E-state index in [9.17, 15) is 0 Å². The second-order valence-corrected chi connectivity index (χ2v) is 5.42. The summed E-state index contributed by atoms with van der Waals surface area (Å²) in [6.07, 6.45) is 1.06. The van der Waals surface area contributed by atoms with Crippen molar-refractivity contribution in [1.29, 1.82) is 0 Å². The average Bonchev–Trinajstić information content (AvgIpc) is 2.52. The first-order chi connectivity index (χ1) is 10.3. The van der Waals surface area contributed by atoms with Gasteiger partial charge in [0.2, 0.25) is 0 Å². The molecule has 1 atom stereocenters. The highest BCUT2D eigenvalue weighted by Crippen LogP contribution is 2.12. The fraction of sp³-hybridized carbons (Fsp3) is 0.647. The van der Waals surface area contributed by atoms with Gasteiger partial charge in [-0.1, -0.05) is 37.6 Å². The molecule has 1 aromatic carbocycles. The quantitative estimate of drug-likeness (QED) is 0.816. The summed E-state index contributed by atoms with van der Waals surface area (Å²) in [5, 5.41) is 4.39. The minimum atomic E-state index is 0.525. The maximum atomic E-state index is 5.91. The zero-order valence-electron chi connectivity index (χ0n) is 13.6. The van der Waals surface area contributed by atoms with E-state index >= 15 is 0 Å². The van der Waals surface area contributed by atoms with Gasteiger partial charge in [-0.2, -0.15) is 0 Å². The molecule has 2 rings (SSSR count). The van der Waals surface area contributed by atoms with E-state index in [-0.39, 0.29) is 0 Å². The predicted octanol–water partition coefficient (Wildman–Crippen LogP) is 3.22. The van der Waals surface area contributed by atoms with Crippen LogP contribution in [0, 0.1) is 0 Å². The van der Waals surface area contributed by atoms with E-state index < -0.39 is 0 Å². The van der Waals surface area contributed by atoms with Crippen LogP contribution in [0.1, 0.15) is 26.3 Å². The summed E-state index contributed by atoms with van der Waals surface area (Å²) in [6.45, 7) is 12.0. The Balaban J connectivity index is 0.00000106. The maximum absolute atomic E-state index is 5.91. The summed E-state index contributed by atoms with van der Waals surface area (Å²) >= 11 is 5.91. The number of hydrogen-bond acceptors (Lipinski definition) is 3. The normalized spacial score (nSPS) is 19.0. The van der Waals surface area contributed by atoms with Crippen LogP contribution in [0.4, 0.5) is 0 Å². The average molecular weight is 313 g/mol. The third-order valence-corrected chi connectivity index (χ3v) is 3.74. The van der Waals surface area contributed by atoms with Gasteiger partial charge in [-0.25, -0.2) is 0 Å². The van der Waals surface area contributed by atoms with Gasteiger partial charge in [0, 0.05) is 43.9 Å². The third-order valence-electron chi connectivity index (χ3n) is 3.49. The molecule has 1 heterocycles. The monoisotopic (exact) mass is 312 g/mol. The molecule has 0 aromatic heterocycles. The van der Waals surface area contributed by atoms with Gasteiger partial charge in [0.15, 0.2) is 0 Å². The Labute approximate surface area is 134 Å². The molecule has 4 heteroatoms. The van der Waals surface area contributed by atoms with Gasteiger partial charge in [0.25, 0.3) is 0 Å². The highest BCUT2D eigenvalue weighted by atomic mass is 35.5. The number of ether oxygens (including phenoxy) is 1. The van der Waals surface area contributed by atoms with Crippen LogP contribution >= 0.6 is 11.6 Å². The molecular formula is C17H29ClN2O. The second kappa shape index (κ2) is 11.0. The zero-order chi connectivity index (χ0) is 15.5. The molecule has 0 amide bonds. The Morgan fingerprint density at radius 3 is 2.67 bits per heavy atom. The molecule has 21 heavy (non-hydrogen) atoms. The molecule has 1 saturated heterocycles. The minimum absolute atomic E-state index is 0.525. The van der Waals surface area contributed by atoms with E-state index in [0.29, 0.717) is 6.04 Å². The Kier molecular flexibility index (Phi) is 9.68. The number of halogens is 1. The number of rotatable bonds is 6. The van der Waals surface area contributed by atoms with Crippen LogP contribution in [-0.2, 0) is 11.2 Å². The molecule has 1 N–H and O–H groups in total. The molecular weight excluding hydrogens is 284 g/mol. The zero-order valence-corrected chi connectivity index (χ0v) is 14.3. The van der Waals surface area contributed by atoms with Crippen molar-refractivity contribution in [2.24, 2.45) is 0 Å². The molecule has 1 fully saturated rings. The number of hydrogen-bond donors (Lipinski definition) is 1. The summed E-state index contributed by atoms with van der Waals surface area (Å²) in [5.74, 6) is 0. The van der Waals surface area contributed by atoms with Crippen LogP contribution in [-0.4, -0.2) is 50.3 Å². The van der Waals surface area contributed by atoms with Crippen molar-refractivity contribution in [3.05, 3.63) is 34.9 Å². The Morgan fingerprint density at radius 1 is 1.29 bits per heavy atom. The first-order valence-corrected chi connectivity index (χ1v) is 8.43. The van der Waals surface area contributed by atoms with Gasteiger partial charge < -0.3 is 10.1 Å². The number of piperazine rings is 1. The van der Waals surface area contributed by atoms with Crippen LogP contribution < -0.4 is 5.32 Å². The Hall–Kier alpha value is -0.610. The largest absolute Gasteiger partial charge is 0.380 e. The van der Waals surface area contributed by atoms with Gasteiger partial charge in [-0.3, -0.25) is 4.90 Å². The van der Waals surface area contributed by atoms with Gasteiger partial charge in [0.1, 0.15) is 0 Å². The highest BCUT2D eigenvalue weighted by Gasteiger charge is 2.19. The van der Waals surface area contributed by atoms with Crippen LogP contribution in [0.5, 0.6) is 0 Å². The number of nitrogens with zero attached hydrogens (tertiary/aromatic N) is 1. The van der Waals surface area contributed by atoms with Crippen LogP contribution in [0.25, 0.3) is 0 Å². The van der Waals surface area contributed by atoms with Crippen molar-refractivity contribution < 1.29 is 4.74 Å².